The number of hydrogen-bond donors (Lipinski definition) is 0. The molecule has 16 rings (SSSR count). The third-order valence-corrected chi connectivity index (χ3v) is 17.3. The van der Waals surface area contributed by atoms with Crippen molar-refractivity contribution < 1.29 is 0 Å². The molecule has 0 radical (unpaired) electrons. The van der Waals surface area contributed by atoms with Crippen LogP contribution >= 0.6 is 0 Å². The molecule has 0 unspecified atom stereocenters. The molecule has 2 aromatic heterocycles. The Balaban J connectivity index is 1.07. The summed E-state index contributed by atoms with van der Waals surface area (Å²) >= 11 is 0. The quantitative estimate of drug-likeness (QED) is 0.141. The Morgan fingerprint density at radius 2 is 0.646 bits per heavy atom. The molecule has 370 valence electrons. The van der Waals surface area contributed by atoms with Crippen LogP contribution in [-0.4, -0.2) is 9.13 Å². The minimum atomic E-state index is -0.636. The van der Waals surface area contributed by atoms with Crippen LogP contribution in [0.2, 0.25) is 0 Å². The van der Waals surface area contributed by atoms with Gasteiger partial charge >= 0.3 is 0 Å². The van der Waals surface area contributed by atoms with E-state index in [0.29, 0.717) is 0 Å². The van der Waals surface area contributed by atoms with Gasteiger partial charge in [-0.2, -0.15) is 0 Å². The van der Waals surface area contributed by atoms with E-state index in [1.165, 1.54) is 143 Å². The van der Waals surface area contributed by atoms with Gasteiger partial charge in [-0.3, -0.25) is 0 Å². The third-order valence-electron chi connectivity index (χ3n) is 17.3. The van der Waals surface area contributed by atoms with E-state index in [0.717, 1.165) is 11.4 Å². The molecule has 0 atom stereocenters. The Kier molecular flexibility index (Phi) is 10.0. The highest BCUT2D eigenvalue weighted by Crippen LogP contribution is 2.60. The molecule has 0 bridgehead atoms. The maximum atomic E-state index is 2.54. The summed E-state index contributed by atoms with van der Waals surface area (Å²) in [5.41, 5.74) is 23.9. The molecule has 2 heterocycles. The van der Waals surface area contributed by atoms with Gasteiger partial charge in [0.2, 0.25) is 0 Å². The molecule has 2 nitrogen and oxygen atoms in total. The van der Waals surface area contributed by atoms with Crippen LogP contribution in [0.1, 0.15) is 33.4 Å². The van der Waals surface area contributed by atoms with Gasteiger partial charge in [-0.1, -0.05) is 236 Å². The van der Waals surface area contributed by atoms with Crippen LogP contribution in [0.15, 0.2) is 279 Å². The van der Waals surface area contributed by atoms with E-state index in [9.17, 15) is 0 Å². The predicted octanol–water partition coefficient (Wildman–Crippen LogP) is 20.2. The predicted molar refractivity (Wildman–Crippen MR) is 333 cm³/mol. The van der Waals surface area contributed by atoms with Crippen molar-refractivity contribution >= 4 is 65.2 Å². The second kappa shape index (κ2) is 17.5. The van der Waals surface area contributed by atoms with E-state index in [2.05, 4.69) is 302 Å². The number of aromatic nitrogens is 2. The lowest BCUT2D eigenvalue weighted by molar-refractivity contribution is 0.769. The molecule has 0 saturated carbocycles. The van der Waals surface area contributed by atoms with Crippen LogP contribution in [0, 0.1) is 13.8 Å². The molecule has 15 aromatic rings. The Morgan fingerprint density at radius 3 is 1.18 bits per heavy atom. The lowest BCUT2D eigenvalue weighted by Crippen LogP contribution is -2.29. The van der Waals surface area contributed by atoms with Gasteiger partial charge in [0.15, 0.2) is 0 Å². The third kappa shape index (κ3) is 6.52. The lowest BCUT2D eigenvalue weighted by atomic mass is 9.65. The monoisotopic (exact) mass is 1000 g/mol. The average molecular weight is 1010 g/mol. The van der Waals surface area contributed by atoms with Gasteiger partial charge in [-0.25, -0.2) is 0 Å². The Bertz CT molecular complexity index is 4680. The fourth-order valence-electron chi connectivity index (χ4n) is 14.1. The highest BCUT2D eigenvalue weighted by molar-refractivity contribution is 6.25. The first kappa shape index (κ1) is 45.2. The molecule has 0 amide bonds. The summed E-state index contributed by atoms with van der Waals surface area (Å²) < 4.78 is 4.87. The first-order valence-electron chi connectivity index (χ1n) is 27.6. The van der Waals surface area contributed by atoms with Crippen molar-refractivity contribution in [1.82, 2.24) is 9.13 Å². The molecule has 79 heavy (non-hydrogen) atoms. The zero-order chi connectivity index (χ0) is 52.3. The zero-order valence-corrected chi connectivity index (χ0v) is 44.0. The van der Waals surface area contributed by atoms with Crippen LogP contribution < -0.4 is 0 Å². The number of rotatable bonds is 7. The van der Waals surface area contributed by atoms with E-state index >= 15 is 0 Å². The van der Waals surface area contributed by atoms with Crippen molar-refractivity contribution in [2.75, 3.05) is 0 Å². The summed E-state index contributed by atoms with van der Waals surface area (Å²) in [6, 6.07) is 105. The SMILES string of the molecule is Cc1ccc(C2(c3ccc(C)cc3)c3ccccc3-c3cccc(-c4c5cccc(-c6cccc7c6c6ccccc6n7-c6ccccc6)c5cc5c(-c6cccc7c6c6ccccc6n7-c6ccccc6)cccc45)c32)cc1. The molecule has 13 aromatic carbocycles. The first-order chi connectivity index (χ1) is 39.1. The van der Waals surface area contributed by atoms with Crippen molar-refractivity contribution in [2.45, 2.75) is 19.3 Å². The summed E-state index contributed by atoms with van der Waals surface area (Å²) in [7, 11) is 0. The first-order valence-corrected chi connectivity index (χ1v) is 27.6. The van der Waals surface area contributed by atoms with Gasteiger partial charge in [0.05, 0.1) is 27.5 Å². The van der Waals surface area contributed by atoms with Crippen molar-refractivity contribution in [3.05, 3.63) is 312 Å². The molecule has 0 aliphatic heterocycles. The summed E-state index contributed by atoms with van der Waals surface area (Å²) in [5, 5.41) is 9.82. The van der Waals surface area contributed by atoms with Gasteiger partial charge in [-0.15, -0.1) is 0 Å². The van der Waals surface area contributed by atoms with Gasteiger partial charge < -0.3 is 9.13 Å². The summed E-state index contributed by atoms with van der Waals surface area (Å²) in [6.45, 7) is 4.39. The van der Waals surface area contributed by atoms with E-state index in [4.69, 9.17) is 0 Å². The lowest BCUT2D eigenvalue weighted by Gasteiger charge is -2.36. The van der Waals surface area contributed by atoms with Crippen LogP contribution in [0.4, 0.5) is 0 Å². The van der Waals surface area contributed by atoms with Crippen LogP contribution in [0.5, 0.6) is 0 Å². The van der Waals surface area contributed by atoms with Gasteiger partial charge in [-0.05, 0) is 157 Å². The number of aryl methyl sites for hydroxylation is 2. The van der Waals surface area contributed by atoms with E-state index in [1.807, 2.05) is 0 Å². The molecule has 2 heteroatoms. The van der Waals surface area contributed by atoms with Gasteiger partial charge in [0.25, 0.3) is 0 Å². The van der Waals surface area contributed by atoms with Crippen LogP contribution in [0.25, 0.3) is 121 Å². The maximum Gasteiger partial charge on any atom is 0.0719 e. The molecular formula is C77H52N2. The number of benzene rings is 13. The van der Waals surface area contributed by atoms with E-state index in [-0.39, 0.29) is 0 Å². The van der Waals surface area contributed by atoms with Gasteiger partial charge in [0.1, 0.15) is 0 Å². The molecule has 0 spiro atoms. The number of fused-ring (bicyclic) bond motifs is 11. The maximum absolute atomic E-state index is 2.54. The van der Waals surface area contributed by atoms with Crippen molar-refractivity contribution in [1.29, 1.82) is 0 Å². The smallest absolute Gasteiger partial charge is 0.0719 e. The summed E-state index contributed by atoms with van der Waals surface area (Å²) in [4.78, 5) is 0. The standard InChI is InChI=1S/C77H52N2/c1-49-40-44-51(45-41-49)77(52-46-42-50(2)43-47-52)68-35-12-9-24-57(68)62-33-17-34-65(76(62)77)73-60-29-15-27-55(58-31-18-38-71-74(58)63-25-10-13-36-69(63)78(71)53-20-5-3-6-21-53)66(60)48-67-56(28-16-30-61(67)73)59-32-19-39-72-75(59)64-26-11-14-37-70(64)79(72)54-22-7-4-8-23-54/h3-48H,1-2H3. The molecule has 1 aliphatic rings. The topological polar surface area (TPSA) is 9.86 Å². The highest BCUT2D eigenvalue weighted by Gasteiger charge is 2.48. The normalized spacial score (nSPS) is 12.8. The number of para-hydroxylation sites is 4. The Morgan fingerprint density at radius 1 is 0.266 bits per heavy atom. The van der Waals surface area contributed by atoms with E-state index < -0.39 is 5.41 Å². The molecule has 0 fully saturated rings. The van der Waals surface area contributed by atoms with Gasteiger partial charge in [0, 0.05) is 32.9 Å². The molecule has 1 aliphatic carbocycles. The van der Waals surface area contributed by atoms with Crippen molar-refractivity contribution in [3.63, 3.8) is 0 Å². The molecular weight excluding hydrogens is 953 g/mol. The second-order valence-electron chi connectivity index (χ2n) is 21.6. The Labute approximate surface area is 459 Å². The number of hydrogen-bond acceptors (Lipinski definition) is 0. The second-order valence-corrected chi connectivity index (χ2v) is 21.6. The van der Waals surface area contributed by atoms with E-state index in [1.54, 1.807) is 0 Å². The largest absolute Gasteiger partial charge is 0.309 e. The average Bonchev–Trinajstić information content (AvgIpc) is 4.32. The number of nitrogens with zero attached hydrogens (tertiary/aromatic N) is 2. The molecule has 0 saturated heterocycles. The zero-order valence-electron chi connectivity index (χ0n) is 44.0. The highest BCUT2D eigenvalue weighted by atomic mass is 15.0. The van der Waals surface area contributed by atoms with Crippen molar-refractivity contribution in [3.8, 4) is 55.9 Å². The molecule has 0 N–H and O–H groups in total. The fraction of sp³-hybridized carbons (Fsp3) is 0.0390. The minimum Gasteiger partial charge on any atom is -0.309 e. The fourth-order valence-corrected chi connectivity index (χ4v) is 14.1. The summed E-state index contributed by atoms with van der Waals surface area (Å²) in [6.07, 6.45) is 0. The van der Waals surface area contributed by atoms with Crippen LogP contribution in [-0.2, 0) is 5.41 Å². The Hall–Kier alpha value is -10.0. The summed E-state index contributed by atoms with van der Waals surface area (Å²) in [5.74, 6) is 0. The minimum absolute atomic E-state index is 0.636. The van der Waals surface area contributed by atoms with Crippen molar-refractivity contribution in [2.24, 2.45) is 0 Å². The van der Waals surface area contributed by atoms with Crippen LogP contribution in [0.3, 0.4) is 0 Å².